The van der Waals surface area contributed by atoms with Gasteiger partial charge in [0.1, 0.15) is 5.82 Å². The van der Waals surface area contributed by atoms with Crippen LogP contribution in [-0.2, 0) is 6.42 Å². The van der Waals surface area contributed by atoms with Gasteiger partial charge in [0, 0.05) is 36.2 Å². The number of benzene rings is 1. The van der Waals surface area contributed by atoms with Crippen LogP contribution in [0.3, 0.4) is 0 Å². The van der Waals surface area contributed by atoms with Crippen molar-refractivity contribution in [2.24, 2.45) is 4.99 Å². The molecule has 1 fully saturated rings. The molecule has 1 aromatic carbocycles. The number of aromatic amines is 1. The Kier molecular flexibility index (Phi) is 5.16. The van der Waals surface area contributed by atoms with Crippen LogP contribution in [0.15, 0.2) is 29.4 Å². The number of aliphatic imine (C=N–C) groups is 1. The Morgan fingerprint density at radius 1 is 1.35 bits per heavy atom. The highest BCUT2D eigenvalue weighted by atomic mass is 19.1. The molecule has 3 N–H and O–H groups in total. The van der Waals surface area contributed by atoms with E-state index in [0.29, 0.717) is 12.6 Å². The topological polar surface area (TPSA) is 52.2 Å². The van der Waals surface area contributed by atoms with E-state index >= 15 is 0 Å². The zero-order chi connectivity index (χ0) is 16.1. The van der Waals surface area contributed by atoms with Gasteiger partial charge in [-0.2, -0.15) is 0 Å². The monoisotopic (exact) mass is 316 g/mol. The normalized spacial score (nSPS) is 16.2. The lowest BCUT2D eigenvalue weighted by molar-refractivity contribution is 0.614. The maximum atomic E-state index is 13.4. The molecule has 3 rings (SSSR count). The molecule has 0 aliphatic heterocycles. The highest BCUT2D eigenvalue weighted by Crippen LogP contribution is 2.20. The van der Waals surface area contributed by atoms with Gasteiger partial charge in [0.25, 0.3) is 0 Å². The van der Waals surface area contributed by atoms with Gasteiger partial charge in [0.05, 0.1) is 0 Å². The van der Waals surface area contributed by atoms with Gasteiger partial charge in [-0.25, -0.2) is 4.39 Å². The molecule has 5 heteroatoms. The van der Waals surface area contributed by atoms with Crippen molar-refractivity contribution in [3.8, 4) is 0 Å². The number of aromatic nitrogens is 1. The Hall–Kier alpha value is -2.04. The number of H-pyrrole nitrogens is 1. The van der Waals surface area contributed by atoms with Crippen molar-refractivity contribution in [2.75, 3.05) is 13.1 Å². The van der Waals surface area contributed by atoms with E-state index in [0.717, 1.165) is 35.4 Å². The summed E-state index contributed by atoms with van der Waals surface area (Å²) in [6, 6.07) is 5.40. The SMILES string of the molecule is CCNC(=NCCc1c[nH]c2ccc(F)cc12)NC1CCCC1. The zero-order valence-electron chi connectivity index (χ0n) is 13.7. The fourth-order valence-electron chi connectivity index (χ4n) is 3.23. The number of halogens is 1. The minimum Gasteiger partial charge on any atom is -0.361 e. The quantitative estimate of drug-likeness (QED) is 0.585. The smallest absolute Gasteiger partial charge is 0.191 e. The van der Waals surface area contributed by atoms with Crippen LogP contribution in [0.4, 0.5) is 4.39 Å². The van der Waals surface area contributed by atoms with Crippen molar-refractivity contribution in [3.63, 3.8) is 0 Å². The first-order valence-corrected chi connectivity index (χ1v) is 8.56. The van der Waals surface area contributed by atoms with Gasteiger partial charge < -0.3 is 15.6 Å². The molecule has 1 saturated carbocycles. The summed E-state index contributed by atoms with van der Waals surface area (Å²) in [5, 5.41) is 7.77. The second kappa shape index (κ2) is 7.49. The summed E-state index contributed by atoms with van der Waals surface area (Å²) >= 11 is 0. The second-order valence-corrected chi connectivity index (χ2v) is 6.14. The van der Waals surface area contributed by atoms with Crippen LogP contribution in [0.1, 0.15) is 38.2 Å². The van der Waals surface area contributed by atoms with E-state index in [-0.39, 0.29) is 5.82 Å². The second-order valence-electron chi connectivity index (χ2n) is 6.14. The van der Waals surface area contributed by atoms with E-state index in [2.05, 4.69) is 27.5 Å². The summed E-state index contributed by atoms with van der Waals surface area (Å²) in [7, 11) is 0. The molecular weight excluding hydrogens is 291 g/mol. The molecule has 2 aromatic rings. The van der Waals surface area contributed by atoms with Gasteiger partial charge in [-0.15, -0.1) is 0 Å². The zero-order valence-corrected chi connectivity index (χ0v) is 13.7. The third-order valence-corrected chi connectivity index (χ3v) is 4.42. The Morgan fingerprint density at radius 2 is 2.17 bits per heavy atom. The summed E-state index contributed by atoms with van der Waals surface area (Å²) < 4.78 is 13.4. The van der Waals surface area contributed by atoms with Crippen LogP contribution < -0.4 is 10.6 Å². The molecule has 1 aromatic heterocycles. The van der Waals surface area contributed by atoms with Crippen molar-refractivity contribution in [2.45, 2.75) is 45.1 Å². The number of guanidine groups is 1. The van der Waals surface area contributed by atoms with E-state index in [1.54, 1.807) is 12.1 Å². The number of rotatable bonds is 5. The highest BCUT2D eigenvalue weighted by molar-refractivity contribution is 5.83. The number of hydrogen-bond donors (Lipinski definition) is 3. The summed E-state index contributed by atoms with van der Waals surface area (Å²) in [4.78, 5) is 7.86. The molecule has 0 atom stereocenters. The molecule has 4 nitrogen and oxygen atoms in total. The minimum atomic E-state index is -0.196. The first kappa shape index (κ1) is 15.8. The van der Waals surface area contributed by atoms with Crippen LogP contribution in [-0.4, -0.2) is 30.1 Å². The van der Waals surface area contributed by atoms with Gasteiger partial charge in [0.2, 0.25) is 0 Å². The lowest BCUT2D eigenvalue weighted by Gasteiger charge is -2.16. The fraction of sp³-hybridized carbons (Fsp3) is 0.500. The third kappa shape index (κ3) is 4.03. The maximum Gasteiger partial charge on any atom is 0.191 e. The molecule has 23 heavy (non-hydrogen) atoms. The van der Waals surface area contributed by atoms with Crippen LogP contribution >= 0.6 is 0 Å². The van der Waals surface area contributed by atoms with Gasteiger partial charge in [-0.05, 0) is 49.9 Å². The number of nitrogens with zero attached hydrogens (tertiary/aromatic N) is 1. The van der Waals surface area contributed by atoms with E-state index in [1.165, 1.54) is 31.7 Å². The first-order chi connectivity index (χ1) is 11.3. The molecule has 0 spiro atoms. The van der Waals surface area contributed by atoms with E-state index < -0.39 is 0 Å². The van der Waals surface area contributed by atoms with Gasteiger partial charge in [0.15, 0.2) is 5.96 Å². The van der Waals surface area contributed by atoms with Crippen molar-refractivity contribution in [1.29, 1.82) is 0 Å². The number of nitrogens with one attached hydrogen (secondary N) is 3. The predicted octanol–water partition coefficient (Wildman–Crippen LogP) is 3.35. The lowest BCUT2D eigenvalue weighted by Crippen LogP contribution is -2.42. The lowest BCUT2D eigenvalue weighted by atomic mass is 10.1. The summed E-state index contributed by atoms with van der Waals surface area (Å²) in [5.41, 5.74) is 2.08. The molecule has 0 unspecified atom stereocenters. The number of fused-ring (bicyclic) bond motifs is 1. The first-order valence-electron chi connectivity index (χ1n) is 8.56. The van der Waals surface area contributed by atoms with Crippen LogP contribution in [0.5, 0.6) is 0 Å². The molecule has 124 valence electrons. The number of hydrogen-bond acceptors (Lipinski definition) is 1. The third-order valence-electron chi connectivity index (χ3n) is 4.42. The van der Waals surface area contributed by atoms with E-state index in [1.807, 2.05) is 6.20 Å². The van der Waals surface area contributed by atoms with Crippen LogP contribution in [0, 0.1) is 5.82 Å². The fourth-order valence-corrected chi connectivity index (χ4v) is 3.23. The van der Waals surface area contributed by atoms with Gasteiger partial charge >= 0.3 is 0 Å². The average Bonchev–Trinajstić information content (AvgIpc) is 3.17. The Labute approximate surface area is 136 Å². The van der Waals surface area contributed by atoms with Gasteiger partial charge in [-0.1, -0.05) is 12.8 Å². The van der Waals surface area contributed by atoms with Crippen LogP contribution in [0.2, 0.25) is 0 Å². The molecule has 1 aliphatic rings. The van der Waals surface area contributed by atoms with Crippen molar-refractivity contribution in [3.05, 3.63) is 35.8 Å². The average molecular weight is 316 g/mol. The largest absolute Gasteiger partial charge is 0.361 e. The minimum absolute atomic E-state index is 0.196. The van der Waals surface area contributed by atoms with Crippen molar-refractivity contribution in [1.82, 2.24) is 15.6 Å². The maximum absolute atomic E-state index is 13.4. The molecular formula is C18H25FN4. The molecule has 1 heterocycles. The Balaban J connectivity index is 1.63. The predicted molar refractivity (Wildman–Crippen MR) is 93.3 cm³/mol. The van der Waals surface area contributed by atoms with E-state index in [9.17, 15) is 4.39 Å². The molecule has 0 amide bonds. The molecule has 0 saturated heterocycles. The molecule has 0 radical (unpaired) electrons. The summed E-state index contributed by atoms with van der Waals surface area (Å²) in [6.07, 6.45) is 7.82. The van der Waals surface area contributed by atoms with E-state index in [4.69, 9.17) is 0 Å². The standard InChI is InChI=1S/C18H25FN4/c1-2-20-18(23-15-5-3-4-6-15)21-10-9-13-12-22-17-8-7-14(19)11-16(13)17/h7-8,11-12,15,22H,2-6,9-10H2,1H3,(H2,20,21,23). The van der Waals surface area contributed by atoms with Gasteiger partial charge in [-0.3, -0.25) is 4.99 Å². The molecule has 1 aliphatic carbocycles. The Morgan fingerprint density at radius 3 is 2.96 bits per heavy atom. The van der Waals surface area contributed by atoms with Crippen molar-refractivity contribution >= 4 is 16.9 Å². The molecule has 0 bridgehead atoms. The van der Waals surface area contributed by atoms with Crippen molar-refractivity contribution < 1.29 is 4.39 Å². The Bertz CT molecular complexity index is 671. The van der Waals surface area contributed by atoms with Crippen LogP contribution in [0.25, 0.3) is 10.9 Å². The summed E-state index contributed by atoms with van der Waals surface area (Å²) in [6.45, 7) is 3.62. The summed E-state index contributed by atoms with van der Waals surface area (Å²) in [5.74, 6) is 0.698. The highest BCUT2D eigenvalue weighted by Gasteiger charge is 2.15.